The highest BCUT2D eigenvalue weighted by molar-refractivity contribution is 7.99. The SMILES string of the molecule is CCn1c(SCC(=O)N2CCC(Nc3ccccc3)C2)nnc1-c1cccc(C)c1. The summed E-state index contributed by atoms with van der Waals surface area (Å²) in [4.78, 5) is 14.7. The van der Waals surface area contributed by atoms with Gasteiger partial charge in [0.25, 0.3) is 0 Å². The molecule has 4 rings (SSSR count). The van der Waals surface area contributed by atoms with E-state index < -0.39 is 0 Å². The van der Waals surface area contributed by atoms with Gasteiger partial charge in [0.1, 0.15) is 0 Å². The predicted molar refractivity (Wildman–Crippen MR) is 122 cm³/mol. The summed E-state index contributed by atoms with van der Waals surface area (Å²) >= 11 is 1.47. The molecule has 3 aromatic rings. The average Bonchev–Trinajstić information content (AvgIpc) is 3.39. The Bertz CT molecular complexity index is 1000. The van der Waals surface area contributed by atoms with Crippen molar-refractivity contribution in [2.45, 2.75) is 38.0 Å². The summed E-state index contributed by atoms with van der Waals surface area (Å²) < 4.78 is 2.08. The summed E-state index contributed by atoms with van der Waals surface area (Å²) in [6.07, 6.45) is 0.966. The van der Waals surface area contributed by atoms with Crippen LogP contribution in [0.25, 0.3) is 11.4 Å². The number of aromatic nitrogens is 3. The summed E-state index contributed by atoms with van der Waals surface area (Å²) in [5, 5.41) is 13.1. The Morgan fingerprint density at radius 3 is 2.77 bits per heavy atom. The second-order valence-electron chi connectivity index (χ2n) is 7.54. The average molecular weight is 422 g/mol. The Balaban J connectivity index is 1.35. The zero-order valence-corrected chi connectivity index (χ0v) is 18.2. The number of likely N-dealkylation sites (tertiary alicyclic amines) is 1. The maximum Gasteiger partial charge on any atom is 0.233 e. The molecule has 156 valence electrons. The largest absolute Gasteiger partial charge is 0.380 e. The summed E-state index contributed by atoms with van der Waals surface area (Å²) in [6.45, 7) is 6.44. The molecule has 0 bridgehead atoms. The number of aryl methyl sites for hydroxylation is 1. The Hall–Kier alpha value is -2.80. The molecule has 1 saturated heterocycles. The van der Waals surface area contributed by atoms with E-state index in [1.54, 1.807) is 0 Å². The van der Waals surface area contributed by atoms with Gasteiger partial charge in [0.2, 0.25) is 5.91 Å². The number of amides is 1. The summed E-state index contributed by atoms with van der Waals surface area (Å²) in [6, 6.07) is 18.7. The Kier molecular flexibility index (Phi) is 6.38. The molecule has 1 aliphatic rings. The fourth-order valence-electron chi connectivity index (χ4n) is 3.77. The normalized spacial score (nSPS) is 16.1. The number of hydrogen-bond acceptors (Lipinski definition) is 5. The molecular formula is C23H27N5OS. The van der Waals surface area contributed by atoms with Gasteiger partial charge in [0, 0.05) is 36.9 Å². The molecular weight excluding hydrogens is 394 g/mol. The van der Waals surface area contributed by atoms with E-state index in [4.69, 9.17) is 0 Å². The summed E-state index contributed by atoms with van der Waals surface area (Å²) in [7, 11) is 0. The van der Waals surface area contributed by atoms with E-state index in [9.17, 15) is 4.79 Å². The number of benzene rings is 2. The minimum absolute atomic E-state index is 0.153. The molecule has 2 heterocycles. The molecule has 30 heavy (non-hydrogen) atoms. The number of carbonyl (C=O) groups excluding carboxylic acids is 1. The number of thioether (sulfide) groups is 1. The molecule has 0 aliphatic carbocycles. The number of carbonyl (C=O) groups is 1. The number of hydrogen-bond donors (Lipinski definition) is 1. The first-order valence-corrected chi connectivity index (χ1v) is 11.3. The first-order valence-electron chi connectivity index (χ1n) is 10.4. The van der Waals surface area contributed by atoms with E-state index in [1.807, 2.05) is 35.2 Å². The number of nitrogens with one attached hydrogen (secondary N) is 1. The predicted octanol–water partition coefficient (Wildman–Crippen LogP) is 4.08. The number of para-hydroxylation sites is 1. The van der Waals surface area contributed by atoms with Crippen LogP contribution in [0.4, 0.5) is 5.69 Å². The Labute approximate surface area is 181 Å². The molecule has 1 N–H and O–H groups in total. The minimum Gasteiger partial charge on any atom is -0.380 e. The fraction of sp³-hybridized carbons (Fsp3) is 0.348. The molecule has 1 atom stereocenters. The second-order valence-corrected chi connectivity index (χ2v) is 8.49. The quantitative estimate of drug-likeness (QED) is 0.583. The third-order valence-electron chi connectivity index (χ3n) is 5.32. The van der Waals surface area contributed by atoms with E-state index in [0.29, 0.717) is 11.8 Å². The molecule has 1 aliphatic heterocycles. The van der Waals surface area contributed by atoms with Crippen LogP contribution in [0.15, 0.2) is 59.8 Å². The van der Waals surface area contributed by atoms with Crippen LogP contribution in [0.2, 0.25) is 0 Å². The second kappa shape index (κ2) is 9.34. The van der Waals surface area contributed by atoms with Crippen molar-refractivity contribution in [3.63, 3.8) is 0 Å². The van der Waals surface area contributed by atoms with E-state index >= 15 is 0 Å². The van der Waals surface area contributed by atoms with E-state index in [-0.39, 0.29) is 5.91 Å². The molecule has 1 aromatic heterocycles. The van der Waals surface area contributed by atoms with Crippen LogP contribution in [0.5, 0.6) is 0 Å². The Morgan fingerprint density at radius 2 is 2.00 bits per heavy atom. The highest BCUT2D eigenvalue weighted by Crippen LogP contribution is 2.25. The third-order valence-corrected chi connectivity index (χ3v) is 6.27. The zero-order valence-electron chi connectivity index (χ0n) is 17.4. The van der Waals surface area contributed by atoms with Gasteiger partial charge in [0.05, 0.1) is 5.75 Å². The molecule has 0 saturated carbocycles. The van der Waals surface area contributed by atoms with Gasteiger partial charge >= 0.3 is 0 Å². The number of anilines is 1. The summed E-state index contributed by atoms with van der Waals surface area (Å²) in [5.41, 5.74) is 3.35. The highest BCUT2D eigenvalue weighted by atomic mass is 32.2. The Morgan fingerprint density at radius 1 is 1.17 bits per heavy atom. The van der Waals surface area contributed by atoms with Crippen LogP contribution in [-0.4, -0.2) is 50.5 Å². The monoisotopic (exact) mass is 421 g/mol. The standard InChI is InChI=1S/C23H27N5OS/c1-3-28-22(18-9-7-8-17(2)14-18)25-26-23(28)30-16-21(29)27-13-12-20(15-27)24-19-10-5-4-6-11-19/h4-11,14,20,24H,3,12-13,15-16H2,1-2H3. The van der Waals surface area contributed by atoms with Gasteiger partial charge < -0.3 is 14.8 Å². The van der Waals surface area contributed by atoms with Crippen molar-refractivity contribution in [2.75, 3.05) is 24.2 Å². The van der Waals surface area contributed by atoms with Crippen LogP contribution < -0.4 is 5.32 Å². The van der Waals surface area contributed by atoms with Crippen molar-refractivity contribution in [3.05, 3.63) is 60.2 Å². The van der Waals surface area contributed by atoms with Gasteiger partial charge in [-0.25, -0.2) is 0 Å². The van der Waals surface area contributed by atoms with E-state index in [1.165, 1.54) is 17.3 Å². The molecule has 1 unspecified atom stereocenters. The van der Waals surface area contributed by atoms with E-state index in [0.717, 1.165) is 48.3 Å². The van der Waals surface area contributed by atoms with Gasteiger partial charge in [-0.3, -0.25) is 4.79 Å². The van der Waals surface area contributed by atoms with Crippen LogP contribution in [0, 0.1) is 6.92 Å². The van der Waals surface area contributed by atoms with Crippen molar-refractivity contribution in [1.82, 2.24) is 19.7 Å². The zero-order chi connectivity index (χ0) is 20.9. The molecule has 0 spiro atoms. The lowest BCUT2D eigenvalue weighted by Crippen LogP contribution is -2.32. The van der Waals surface area contributed by atoms with Gasteiger partial charge in [-0.15, -0.1) is 10.2 Å². The highest BCUT2D eigenvalue weighted by Gasteiger charge is 2.26. The molecule has 2 aromatic carbocycles. The van der Waals surface area contributed by atoms with Gasteiger partial charge in [-0.05, 0) is 38.5 Å². The van der Waals surface area contributed by atoms with Gasteiger partial charge in [-0.1, -0.05) is 53.7 Å². The summed E-state index contributed by atoms with van der Waals surface area (Å²) in [5.74, 6) is 1.38. The van der Waals surface area contributed by atoms with E-state index in [2.05, 4.69) is 58.2 Å². The topological polar surface area (TPSA) is 63.1 Å². The maximum absolute atomic E-state index is 12.8. The van der Waals surface area contributed by atoms with Crippen molar-refractivity contribution in [3.8, 4) is 11.4 Å². The lowest BCUT2D eigenvalue weighted by molar-refractivity contribution is -0.127. The van der Waals surface area contributed by atoms with Crippen molar-refractivity contribution < 1.29 is 4.79 Å². The molecule has 6 nitrogen and oxygen atoms in total. The lowest BCUT2D eigenvalue weighted by atomic mass is 10.1. The minimum atomic E-state index is 0.153. The molecule has 1 fully saturated rings. The van der Waals surface area contributed by atoms with Crippen LogP contribution in [0.3, 0.4) is 0 Å². The molecule has 1 amide bonds. The van der Waals surface area contributed by atoms with Gasteiger partial charge in [0.15, 0.2) is 11.0 Å². The van der Waals surface area contributed by atoms with Gasteiger partial charge in [-0.2, -0.15) is 0 Å². The third kappa shape index (κ3) is 4.67. The van der Waals surface area contributed by atoms with Crippen molar-refractivity contribution in [1.29, 1.82) is 0 Å². The fourth-order valence-corrected chi connectivity index (χ4v) is 4.68. The first-order chi connectivity index (χ1) is 14.6. The van der Waals surface area contributed by atoms with Crippen LogP contribution >= 0.6 is 11.8 Å². The number of rotatable bonds is 7. The maximum atomic E-state index is 12.8. The molecule has 7 heteroatoms. The van der Waals surface area contributed by atoms with Crippen molar-refractivity contribution in [2.24, 2.45) is 0 Å². The van der Waals surface area contributed by atoms with Crippen LogP contribution in [0.1, 0.15) is 18.9 Å². The molecule has 0 radical (unpaired) electrons. The number of nitrogens with zero attached hydrogens (tertiary/aromatic N) is 4. The first kappa shape index (κ1) is 20.5. The smallest absolute Gasteiger partial charge is 0.233 e. The lowest BCUT2D eigenvalue weighted by Gasteiger charge is -2.17. The van der Waals surface area contributed by atoms with Crippen LogP contribution in [-0.2, 0) is 11.3 Å². The van der Waals surface area contributed by atoms with Crippen molar-refractivity contribution >= 4 is 23.4 Å².